The van der Waals surface area contributed by atoms with Crippen molar-refractivity contribution in [1.29, 1.82) is 0 Å². The topological polar surface area (TPSA) is 96.6 Å². The van der Waals surface area contributed by atoms with Gasteiger partial charge in [0.25, 0.3) is 0 Å². The monoisotopic (exact) mass is 300 g/mol. The van der Waals surface area contributed by atoms with Crippen LogP contribution in [0.25, 0.3) is 0 Å². The van der Waals surface area contributed by atoms with Crippen LogP contribution in [0, 0.1) is 0 Å². The lowest BCUT2D eigenvalue weighted by Gasteiger charge is -2.08. The maximum atomic E-state index is 11.0. The summed E-state index contributed by atoms with van der Waals surface area (Å²) in [7, 11) is -3.40. The van der Waals surface area contributed by atoms with Gasteiger partial charge in [-0.3, -0.25) is 10.1 Å². The Morgan fingerprint density at radius 3 is 2.53 bits per heavy atom. The number of thiocarbonyl (C=S) groups is 1. The second-order valence-corrected chi connectivity index (χ2v) is 5.94. The average Bonchev–Trinajstić information content (AvgIpc) is 2.33. The van der Waals surface area contributed by atoms with Crippen molar-refractivity contribution in [1.82, 2.24) is 10.1 Å². The molecule has 0 spiro atoms. The number of nitrogens with zero attached hydrogens (tertiary/aromatic N) is 1. The van der Waals surface area contributed by atoms with E-state index in [1.165, 1.54) is 0 Å². The molecule has 104 valence electrons. The minimum absolute atomic E-state index is 0.0760. The molecule has 0 aliphatic carbocycles. The molecule has 0 unspecified atom stereocenters. The largest absolute Gasteiger partial charge is 0.330 e. The molecule has 4 N–H and O–H groups in total. The smallest absolute Gasteiger partial charge is 0.231 e. The quantitative estimate of drug-likeness (QED) is 0.409. The van der Waals surface area contributed by atoms with Gasteiger partial charge in [0.2, 0.25) is 15.1 Å². The van der Waals surface area contributed by atoms with Crippen molar-refractivity contribution < 1.29 is 8.42 Å². The molecule has 19 heavy (non-hydrogen) atoms. The van der Waals surface area contributed by atoms with E-state index in [1.54, 1.807) is 0 Å². The van der Waals surface area contributed by atoms with Gasteiger partial charge < -0.3 is 5.73 Å². The third kappa shape index (κ3) is 6.27. The van der Waals surface area contributed by atoms with Gasteiger partial charge in [-0.15, -0.1) is 0 Å². The van der Waals surface area contributed by atoms with Crippen molar-refractivity contribution in [3.8, 4) is 0 Å². The predicted octanol–water partition coefficient (Wildman–Crippen LogP) is 0.163. The summed E-state index contributed by atoms with van der Waals surface area (Å²) < 4.78 is 24.1. The van der Waals surface area contributed by atoms with Gasteiger partial charge >= 0.3 is 0 Å². The lowest BCUT2D eigenvalue weighted by atomic mass is 10.1. The molecule has 1 rings (SSSR count). The fraction of sp³-hybridized carbons (Fsp3) is 0.273. The predicted molar refractivity (Wildman–Crippen MR) is 80.4 cm³/mol. The number of benzene rings is 1. The van der Waals surface area contributed by atoms with Crippen LogP contribution in [0.15, 0.2) is 35.4 Å². The van der Waals surface area contributed by atoms with Crippen molar-refractivity contribution in [2.75, 3.05) is 12.8 Å². The molecule has 0 aliphatic rings. The molecule has 0 heterocycles. The van der Waals surface area contributed by atoms with Gasteiger partial charge in [-0.2, -0.15) is 5.10 Å². The first kappa shape index (κ1) is 15.5. The first-order valence-corrected chi connectivity index (χ1v) is 7.82. The Bertz CT molecular complexity index is 555. The Morgan fingerprint density at radius 1 is 1.37 bits per heavy atom. The van der Waals surface area contributed by atoms with E-state index in [2.05, 4.69) is 15.2 Å². The standard InChI is InChI=1S/C11H16N4O2S2/c1-19(16,17)15-11(18)14-13-10(7-8-12)9-5-3-2-4-6-9/h2-6H,7-8,12H2,1H3,(H2,14,15,18)/b13-10-. The molecular formula is C11H16N4O2S2. The van der Waals surface area contributed by atoms with Gasteiger partial charge in [-0.05, 0) is 24.3 Å². The van der Waals surface area contributed by atoms with E-state index in [4.69, 9.17) is 18.0 Å². The fourth-order valence-corrected chi connectivity index (χ4v) is 2.22. The minimum atomic E-state index is -3.40. The Hall–Kier alpha value is -1.51. The van der Waals surface area contributed by atoms with Crippen LogP contribution in [-0.2, 0) is 10.0 Å². The number of hydrogen-bond acceptors (Lipinski definition) is 5. The summed E-state index contributed by atoms with van der Waals surface area (Å²) in [5.41, 5.74) is 9.63. The summed E-state index contributed by atoms with van der Waals surface area (Å²) in [5.74, 6) is 0. The maximum Gasteiger partial charge on any atom is 0.231 e. The van der Waals surface area contributed by atoms with Crippen LogP contribution in [0.3, 0.4) is 0 Å². The number of rotatable bonds is 5. The van der Waals surface area contributed by atoms with Gasteiger partial charge in [0.15, 0.2) is 0 Å². The van der Waals surface area contributed by atoms with Gasteiger partial charge in [0.1, 0.15) is 0 Å². The normalized spacial score (nSPS) is 12.0. The van der Waals surface area contributed by atoms with Gasteiger partial charge in [-0.1, -0.05) is 30.3 Å². The summed E-state index contributed by atoms with van der Waals surface area (Å²) >= 11 is 4.81. The molecule has 0 saturated carbocycles. The van der Waals surface area contributed by atoms with E-state index in [0.717, 1.165) is 11.8 Å². The zero-order chi connectivity index (χ0) is 14.3. The first-order valence-electron chi connectivity index (χ1n) is 5.52. The Labute approximate surface area is 118 Å². The third-order valence-corrected chi connectivity index (χ3v) is 2.96. The molecule has 0 aliphatic heterocycles. The van der Waals surface area contributed by atoms with Crippen molar-refractivity contribution in [3.05, 3.63) is 35.9 Å². The summed E-state index contributed by atoms with van der Waals surface area (Å²) in [4.78, 5) is 0. The fourth-order valence-electron chi connectivity index (χ4n) is 1.34. The summed E-state index contributed by atoms with van der Waals surface area (Å²) in [5, 5.41) is 4.01. The van der Waals surface area contributed by atoms with Gasteiger partial charge in [0, 0.05) is 6.42 Å². The molecule has 1 aromatic rings. The highest BCUT2D eigenvalue weighted by Gasteiger charge is 2.05. The van der Waals surface area contributed by atoms with Gasteiger partial charge in [0.05, 0.1) is 12.0 Å². The molecule has 0 bridgehead atoms. The lowest BCUT2D eigenvalue weighted by Crippen LogP contribution is -2.36. The Balaban J connectivity index is 2.78. The average molecular weight is 300 g/mol. The molecule has 6 nitrogen and oxygen atoms in total. The lowest BCUT2D eigenvalue weighted by molar-refractivity contribution is 0.598. The summed E-state index contributed by atoms with van der Waals surface area (Å²) in [6.45, 7) is 0.432. The van der Waals surface area contributed by atoms with Crippen LogP contribution < -0.4 is 15.9 Å². The molecule has 0 aromatic heterocycles. The van der Waals surface area contributed by atoms with Gasteiger partial charge in [-0.25, -0.2) is 8.42 Å². The van der Waals surface area contributed by atoms with E-state index in [0.29, 0.717) is 18.7 Å². The van der Waals surface area contributed by atoms with E-state index < -0.39 is 10.0 Å². The van der Waals surface area contributed by atoms with Crippen molar-refractivity contribution in [2.24, 2.45) is 10.8 Å². The zero-order valence-corrected chi connectivity index (χ0v) is 12.1. The minimum Gasteiger partial charge on any atom is -0.330 e. The van der Waals surface area contributed by atoms with Crippen LogP contribution in [0.4, 0.5) is 0 Å². The van der Waals surface area contributed by atoms with E-state index in [9.17, 15) is 8.42 Å². The molecular weight excluding hydrogens is 284 g/mol. The molecule has 1 aromatic carbocycles. The van der Waals surface area contributed by atoms with Crippen molar-refractivity contribution in [2.45, 2.75) is 6.42 Å². The highest BCUT2D eigenvalue weighted by molar-refractivity contribution is 7.91. The molecule has 0 fully saturated rings. The van der Waals surface area contributed by atoms with Crippen molar-refractivity contribution in [3.63, 3.8) is 0 Å². The molecule has 0 amide bonds. The number of hydrogen-bond donors (Lipinski definition) is 3. The van der Waals surface area contributed by atoms with Crippen LogP contribution in [0.2, 0.25) is 0 Å². The second kappa shape index (κ2) is 7.17. The van der Waals surface area contributed by atoms with Crippen LogP contribution >= 0.6 is 12.2 Å². The molecule has 0 saturated heterocycles. The Kier molecular flexibility index (Phi) is 5.87. The Morgan fingerprint density at radius 2 is 2.00 bits per heavy atom. The highest BCUT2D eigenvalue weighted by atomic mass is 32.2. The maximum absolute atomic E-state index is 11.0. The van der Waals surface area contributed by atoms with Crippen LogP contribution in [0.5, 0.6) is 0 Å². The van der Waals surface area contributed by atoms with E-state index in [-0.39, 0.29) is 5.11 Å². The van der Waals surface area contributed by atoms with Crippen LogP contribution in [0.1, 0.15) is 12.0 Å². The summed E-state index contributed by atoms with van der Waals surface area (Å²) in [6, 6.07) is 9.45. The molecule has 0 radical (unpaired) electrons. The zero-order valence-electron chi connectivity index (χ0n) is 10.5. The molecule has 8 heteroatoms. The second-order valence-electron chi connectivity index (χ2n) is 3.78. The van der Waals surface area contributed by atoms with Crippen LogP contribution in [-0.4, -0.2) is 32.0 Å². The first-order chi connectivity index (χ1) is 8.92. The highest BCUT2D eigenvalue weighted by Crippen LogP contribution is 2.03. The summed E-state index contributed by atoms with van der Waals surface area (Å²) in [6.07, 6.45) is 1.57. The molecule has 0 atom stereocenters. The third-order valence-electron chi connectivity index (χ3n) is 2.06. The van der Waals surface area contributed by atoms with E-state index >= 15 is 0 Å². The number of hydrazone groups is 1. The number of nitrogens with two attached hydrogens (primary N) is 1. The van der Waals surface area contributed by atoms with E-state index in [1.807, 2.05) is 30.3 Å². The van der Waals surface area contributed by atoms with Crippen molar-refractivity contribution >= 4 is 33.1 Å². The SMILES string of the molecule is CS(=O)(=O)NC(=S)N/N=C(/CCN)c1ccccc1. The number of sulfonamides is 1. The number of nitrogens with one attached hydrogen (secondary N) is 2.